The second-order valence-corrected chi connectivity index (χ2v) is 5.42. The lowest BCUT2D eigenvalue weighted by Crippen LogP contribution is -2.14. The molecule has 25 heavy (non-hydrogen) atoms. The van der Waals surface area contributed by atoms with Crippen molar-refractivity contribution in [2.24, 2.45) is 0 Å². The molecule has 0 saturated carbocycles. The van der Waals surface area contributed by atoms with Crippen molar-refractivity contribution in [1.29, 1.82) is 0 Å². The van der Waals surface area contributed by atoms with Crippen molar-refractivity contribution >= 4 is 28.9 Å². The van der Waals surface area contributed by atoms with Gasteiger partial charge in [-0.25, -0.2) is 4.98 Å². The van der Waals surface area contributed by atoms with E-state index in [1.54, 1.807) is 43.6 Å². The topological polar surface area (TPSA) is 92.4 Å². The third-order valence-corrected chi connectivity index (χ3v) is 3.29. The van der Waals surface area contributed by atoms with E-state index in [0.717, 1.165) is 18.7 Å². The van der Waals surface area contributed by atoms with Crippen molar-refractivity contribution < 1.29 is 14.3 Å². The molecule has 0 aliphatic rings. The zero-order valence-electron chi connectivity index (χ0n) is 14.3. The molecule has 0 radical (unpaired) electrons. The number of methoxy groups -OCH3 is 1. The first-order valence-electron chi connectivity index (χ1n) is 7.96. The van der Waals surface area contributed by atoms with Crippen LogP contribution in [0.1, 0.15) is 23.8 Å². The minimum atomic E-state index is -0.314. The Morgan fingerprint density at radius 1 is 1.08 bits per heavy atom. The molecule has 1 heterocycles. The maximum atomic E-state index is 12.3. The van der Waals surface area contributed by atoms with Crippen LogP contribution in [0, 0.1) is 0 Å². The van der Waals surface area contributed by atoms with Gasteiger partial charge in [-0.05, 0) is 36.8 Å². The zero-order valence-corrected chi connectivity index (χ0v) is 14.3. The first-order valence-corrected chi connectivity index (χ1v) is 7.96. The van der Waals surface area contributed by atoms with Crippen LogP contribution in [-0.4, -0.2) is 37.1 Å². The number of hydrogen-bond acceptors (Lipinski definition) is 5. The summed E-state index contributed by atoms with van der Waals surface area (Å²) in [5.41, 5.74) is 2.36. The minimum absolute atomic E-state index is 0.168. The highest BCUT2D eigenvalue weighted by Gasteiger charge is 2.08. The summed E-state index contributed by atoms with van der Waals surface area (Å²) < 4.78 is 4.98. The number of carbonyl (C=O) groups is 2. The SMILES string of the molecule is COCCCNc1ccc(C(=O)Nc2cccc(NC(C)=O)c2)nc1. The maximum absolute atomic E-state index is 12.3. The van der Waals surface area contributed by atoms with Crippen molar-refractivity contribution in [2.45, 2.75) is 13.3 Å². The fourth-order valence-corrected chi connectivity index (χ4v) is 2.16. The van der Waals surface area contributed by atoms with Gasteiger partial charge in [-0.15, -0.1) is 0 Å². The number of benzene rings is 1. The van der Waals surface area contributed by atoms with Crippen molar-refractivity contribution in [3.8, 4) is 0 Å². The molecule has 0 bridgehead atoms. The van der Waals surface area contributed by atoms with E-state index in [-0.39, 0.29) is 11.8 Å². The van der Waals surface area contributed by atoms with Gasteiger partial charge in [0.1, 0.15) is 5.69 Å². The standard InChI is InChI=1S/C18H22N4O3/c1-13(23)21-14-5-3-6-15(11-14)22-18(24)17-8-7-16(12-20-17)19-9-4-10-25-2/h3,5-8,11-12,19H,4,9-10H2,1-2H3,(H,21,23)(H,22,24). The van der Waals surface area contributed by atoms with Gasteiger partial charge in [-0.1, -0.05) is 6.07 Å². The molecule has 7 nitrogen and oxygen atoms in total. The van der Waals surface area contributed by atoms with Crippen LogP contribution in [0.5, 0.6) is 0 Å². The number of pyridine rings is 1. The molecule has 3 N–H and O–H groups in total. The largest absolute Gasteiger partial charge is 0.385 e. The van der Waals surface area contributed by atoms with E-state index in [9.17, 15) is 9.59 Å². The highest BCUT2D eigenvalue weighted by Crippen LogP contribution is 2.16. The molecule has 0 aliphatic carbocycles. The molecule has 1 aromatic carbocycles. The third kappa shape index (κ3) is 6.23. The fourth-order valence-electron chi connectivity index (χ4n) is 2.16. The second-order valence-electron chi connectivity index (χ2n) is 5.42. The summed E-state index contributed by atoms with van der Waals surface area (Å²) >= 11 is 0. The van der Waals surface area contributed by atoms with E-state index in [1.807, 2.05) is 6.07 Å². The number of ether oxygens (including phenoxy) is 1. The molecular formula is C18H22N4O3. The van der Waals surface area contributed by atoms with Crippen LogP contribution < -0.4 is 16.0 Å². The van der Waals surface area contributed by atoms with Gasteiger partial charge in [-0.2, -0.15) is 0 Å². The molecule has 0 aliphatic heterocycles. The fraction of sp³-hybridized carbons (Fsp3) is 0.278. The van der Waals surface area contributed by atoms with Crippen LogP contribution in [0.3, 0.4) is 0 Å². The Bertz CT molecular complexity index is 717. The third-order valence-electron chi connectivity index (χ3n) is 3.29. The number of rotatable bonds is 8. The first kappa shape index (κ1) is 18.4. The molecule has 0 saturated heterocycles. The van der Waals surface area contributed by atoms with Crippen LogP contribution in [0.2, 0.25) is 0 Å². The van der Waals surface area contributed by atoms with Gasteiger partial charge in [0.25, 0.3) is 5.91 Å². The second kappa shape index (κ2) is 9.39. The average Bonchev–Trinajstić information content (AvgIpc) is 2.59. The van der Waals surface area contributed by atoms with Crippen molar-refractivity contribution in [3.05, 3.63) is 48.3 Å². The number of amides is 2. The summed E-state index contributed by atoms with van der Waals surface area (Å²) in [4.78, 5) is 27.5. The van der Waals surface area contributed by atoms with Gasteiger partial charge < -0.3 is 20.7 Å². The Morgan fingerprint density at radius 2 is 1.84 bits per heavy atom. The number of carbonyl (C=O) groups excluding carboxylic acids is 2. The molecule has 1 aromatic heterocycles. The Kier molecular flexibility index (Phi) is 6.91. The van der Waals surface area contributed by atoms with E-state index < -0.39 is 0 Å². The van der Waals surface area contributed by atoms with Gasteiger partial charge in [0.15, 0.2) is 0 Å². The number of aromatic nitrogens is 1. The molecule has 0 fully saturated rings. The Morgan fingerprint density at radius 3 is 2.48 bits per heavy atom. The minimum Gasteiger partial charge on any atom is -0.385 e. The van der Waals surface area contributed by atoms with E-state index in [4.69, 9.17) is 4.74 Å². The predicted molar refractivity (Wildman–Crippen MR) is 97.9 cm³/mol. The van der Waals surface area contributed by atoms with E-state index in [1.165, 1.54) is 6.92 Å². The molecule has 0 spiro atoms. The summed E-state index contributed by atoms with van der Waals surface area (Å²) in [7, 11) is 1.67. The van der Waals surface area contributed by atoms with E-state index >= 15 is 0 Å². The van der Waals surface area contributed by atoms with Crippen LogP contribution in [-0.2, 0) is 9.53 Å². The molecule has 7 heteroatoms. The van der Waals surface area contributed by atoms with E-state index in [2.05, 4.69) is 20.9 Å². The van der Waals surface area contributed by atoms with Crippen LogP contribution in [0.4, 0.5) is 17.1 Å². The van der Waals surface area contributed by atoms with Crippen molar-refractivity contribution in [2.75, 3.05) is 36.2 Å². The Labute approximate surface area is 146 Å². The number of hydrogen-bond donors (Lipinski definition) is 3. The van der Waals surface area contributed by atoms with Crippen molar-refractivity contribution in [3.63, 3.8) is 0 Å². The van der Waals surface area contributed by atoms with Crippen molar-refractivity contribution in [1.82, 2.24) is 4.98 Å². The summed E-state index contributed by atoms with van der Waals surface area (Å²) in [6.45, 7) is 2.90. The molecule has 2 amide bonds. The summed E-state index contributed by atoms with van der Waals surface area (Å²) in [6, 6.07) is 10.4. The van der Waals surface area contributed by atoms with Crippen LogP contribution in [0.15, 0.2) is 42.6 Å². The zero-order chi connectivity index (χ0) is 18.1. The lowest BCUT2D eigenvalue weighted by atomic mass is 10.2. The monoisotopic (exact) mass is 342 g/mol. The first-order chi connectivity index (χ1) is 12.1. The van der Waals surface area contributed by atoms with Crippen LogP contribution in [0.25, 0.3) is 0 Å². The molecule has 132 valence electrons. The quantitative estimate of drug-likeness (QED) is 0.642. The van der Waals surface area contributed by atoms with Gasteiger partial charge in [0.05, 0.1) is 11.9 Å². The molecule has 2 aromatic rings. The molecule has 2 rings (SSSR count). The highest BCUT2D eigenvalue weighted by atomic mass is 16.5. The van der Waals surface area contributed by atoms with E-state index in [0.29, 0.717) is 23.7 Å². The smallest absolute Gasteiger partial charge is 0.274 e. The highest BCUT2D eigenvalue weighted by molar-refractivity contribution is 6.03. The molecular weight excluding hydrogens is 320 g/mol. The lowest BCUT2D eigenvalue weighted by Gasteiger charge is -2.09. The van der Waals surface area contributed by atoms with Gasteiger partial charge in [0, 0.05) is 38.6 Å². The Balaban J connectivity index is 1.93. The Hall–Kier alpha value is -2.93. The normalized spacial score (nSPS) is 10.2. The number of nitrogens with one attached hydrogen (secondary N) is 3. The number of nitrogens with zero attached hydrogens (tertiary/aromatic N) is 1. The lowest BCUT2D eigenvalue weighted by molar-refractivity contribution is -0.114. The predicted octanol–water partition coefficient (Wildman–Crippen LogP) is 2.74. The summed E-state index contributed by atoms with van der Waals surface area (Å²) in [5, 5.41) is 8.64. The molecule has 0 atom stereocenters. The van der Waals surface area contributed by atoms with Gasteiger partial charge >= 0.3 is 0 Å². The molecule has 0 unspecified atom stereocenters. The van der Waals surface area contributed by atoms with Crippen LogP contribution >= 0.6 is 0 Å². The summed E-state index contributed by atoms with van der Waals surface area (Å²) in [5.74, 6) is -0.482. The number of anilines is 3. The maximum Gasteiger partial charge on any atom is 0.274 e. The van der Waals surface area contributed by atoms with Gasteiger partial charge in [0.2, 0.25) is 5.91 Å². The summed E-state index contributed by atoms with van der Waals surface area (Å²) in [6.07, 6.45) is 2.51. The van der Waals surface area contributed by atoms with Gasteiger partial charge in [-0.3, -0.25) is 9.59 Å². The average molecular weight is 342 g/mol.